The van der Waals surface area contributed by atoms with Crippen LogP contribution < -0.4 is 15.4 Å². The highest BCUT2D eigenvalue weighted by Gasteiger charge is 2.19. The maximum absolute atomic E-state index is 12.4. The molecule has 5 nitrogen and oxygen atoms in total. The molecule has 0 saturated carbocycles. The molecular formula is C17H19ClN2O3S. The number of amides is 2. The Kier molecular flexibility index (Phi) is 6.23. The lowest BCUT2D eigenvalue weighted by molar-refractivity contribution is -0.120. The summed E-state index contributed by atoms with van der Waals surface area (Å²) < 4.78 is 5.26. The van der Waals surface area contributed by atoms with E-state index in [9.17, 15) is 9.59 Å². The number of hydrogen-bond acceptors (Lipinski definition) is 4. The van der Waals surface area contributed by atoms with Crippen LogP contribution in [0.4, 0.5) is 5.69 Å². The van der Waals surface area contributed by atoms with Crippen LogP contribution in [0.1, 0.15) is 29.8 Å². The van der Waals surface area contributed by atoms with Crippen molar-refractivity contribution in [3.63, 3.8) is 0 Å². The van der Waals surface area contributed by atoms with Gasteiger partial charge in [0.15, 0.2) is 0 Å². The number of carbonyl (C=O) groups excluding carboxylic acids is 2. The summed E-state index contributed by atoms with van der Waals surface area (Å²) in [6.07, 6.45) is 0.130. The minimum Gasteiger partial charge on any atom is -0.495 e. The molecule has 24 heavy (non-hydrogen) atoms. The number of thiophene rings is 1. The van der Waals surface area contributed by atoms with Crippen molar-refractivity contribution in [2.24, 2.45) is 0 Å². The third kappa shape index (κ3) is 4.72. The first-order valence-corrected chi connectivity index (χ1v) is 8.61. The largest absolute Gasteiger partial charge is 0.495 e. The van der Waals surface area contributed by atoms with Crippen molar-refractivity contribution >= 4 is 40.4 Å². The van der Waals surface area contributed by atoms with E-state index in [-0.39, 0.29) is 24.3 Å². The predicted molar refractivity (Wildman–Crippen MR) is 96.9 cm³/mol. The zero-order valence-corrected chi connectivity index (χ0v) is 15.3. The molecule has 1 unspecified atom stereocenters. The molecule has 0 saturated heterocycles. The van der Waals surface area contributed by atoms with Gasteiger partial charge in [-0.2, -0.15) is 0 Å². The fourth-order valence-electron chi connectivity index (χ4n) is 2.27. The minimum absolute atomic E-state index is 0.130. The van der Waals surface area contributed by atoms with Crippen molar-refractivity contribution < 1.29 is 14.3 Å². The third-order valence-electron chi connectivity index (χ3n) is 3.41. The molecule has 1 heterocycles. The molecule has 1 atom stereocenters. The van der Waals surface area contributed by atoms with Crippen LogP contribution in [-0.4, -0.2) is 18.9 Å². The summed E-state index contributed by atoms with van der Waals surface area (Å²) in [5.74, 6) is 0.0921. The van der Waals surface area contributed by atoms with E-state index in [0.29, 0.717) is 16.5 Å². The molecule has 0 aliphatic carbocycles. The first-order valence-electron chi connectivity index (χ1n) is 7.35. The Morgan fingerprint density at radius 2 is 2.12 bits per heavy atom. The first kappa shape index (κ1) is 18.3. The molecule has 1 aromatic carbocycles. The molecule has 2 N–H and O–H groups in total. The standard InChI is InChI=1S/C17H19ClN2O3S/c1-10-7-13(15(23-3)8-12(10)18)20-17(22)9-14(19-11(2)21)16-5-4-6-24-16/h4-8,14H,9H2,1-3H3,(H,19,21)(H,20,22). The number of benzene rings is 1. The van der Waals surface area contributed by atoms with Gasteiger partial charge >= 0.3 is 0 Å². The fraction of sp³-hybridized carbons (Fsp3) is 0.294. The van der Waals surface area contributed by atoms with Crippen LogP contribution >= 0.6 is 22.9 Å². The number of halogens is 1. The second-order valence-electron chi connectivity index (χ2n) is 5.32. The first-order chi connectivity index (χ1) is 11.4. The number of hydrogen-bond donors (Lipinski definition) is 2. The summed E-state index contributed by atoms with van der Waals surface area (Å²) in [5.41, 5.74) is 1.39. The van der Waals surface area contributed by atoms with Crippen LogP contribution in [0.5, 0.6) is 5.75 Å². The minimum atomic E-state index is -0.359. The molecule has 0 bridgehead atoms. The van der Waals surface area contributed by atoms with Gasteiger partial charge in [-0.1, -0.05) is 17.7 Å². The highest BCUT2D eigenvalue weighted by molar-refractivity contribution is 7.10. The van der Waals surface area contributed by atoms with E-state index in [1.165, 1.54) is 25.4 Å². The van der Waals surface area contributed by atoms with Gasteiger partial charge in [0.2, 0.25) is 11.8 Å². The van der Waals surface area contributed by atoms with Crippen molar-refractivity contribution in [2.45, 2.75) is 26.3 Å². The highest BCUT2D eigenvalue weighted by atomic mass is 35.5. The number of ether oxygens (including phenoxy) is 1. The second-order valence-corrected chi connectivity index (χ2v) is 6.71. The van der Waals surface area contributed by atoms with Crippen LogP contribution in [0, 0.1) is 6.92 Å². The predicted octanol–water partition coefficient (Wildman–Crippen LogP) is 3.92. The topological polar surface area (TPSA) is 67.4 Å². The van der Waals surface area contributed by atoms with Gasteiger partial charge in [-0.15, -0.1) is 11.3 Å². The van der Waals surface area contributed by atoms with E-state index < -0.39 is 0 Å². The van der Waals surface area contributed by atoms with Crippen molar-refractivity contribution in [1.29, 1.82) is 0 Å². The van der Waals surface area contributed by atoms with Gasteiger partial charge in [0, 0.05) is 22.9 Å². The highest BCUT2D eigenvalue weighted by Crippen LogP contribution is 2.31. The maximum Gasteiger partial charge on any atom is 0.226 e. The Bertz CT molecular complexity index is 732. The van der Waals surface area contributed by atoms with Gasteiger partial charge < -0.3 is 15.4 Å². The van der Waals surface area contributed by atoms with Crippen LogP contribution in [0.2, 0.25) is 5.02 Å². The van der Waals surface area contributed by atoms with Gasteiger partial charge in [-0.25, -0.2) is 0 Å². The number of aryl methyl sites for hydroxylation is 1. The van der Waals surface area contributed by atoms with Crippen molar-refractivity contribution in [2.75, 3.05) is 12.4 Å². The van der Waals surface area contributed by atoms with Crippen LogP contribution in [0.3, 0.4) is 0 Å². The summed E-state index contributed by atoms with van der Waals surface area (Å²) in [7, 11) is 1.52. The summed E-state index contributed by atoms with van der Waals surface area (Å²) in [6, 6.07) is 6.85. The van der Waals surface area contributed by atoms with Crippen LogP contribution in [-0.2, 0) is 9.59 Å². The quantitative estimate of drug-likeness (QED) is 0.814. The van der Waals surface area contributed by atoms with Crippen molar-refractivity contribution in [3.8, 4) is 5.75 Å². The van der Waals surface area contributed by atoms with Crippen molar-refractivity contribution in [1.82, 2.24) is 5.32 Å². The Hall–Kier alpha value is -2.05. The molecular weight excluding hydrogens is 348 g/mol. The van der Waals surface area contributed by atoms with Crippen LogP contribution in [0.15, 0.2) is 29.6 Å². The van der Waals surface area contributed by atoms with Gasteiger partial charge in [-0.05, 0) is 30.0 Å². The molecule has 7 heteroatoms. The van der Waals surface area contributed by atoms with E-state index >= 15 is 0 Å². The lowest BCUT2D eigenvalue weighted by Gasteiger charge is -2.17. The van der Waals surface area contributed by atoms with Gasteiger partial charge in [0.05, 0.1) is 25.3 Å². The lowest BCUT2D eigenvalue weighted by atomic mass is 10.1. The molecule has 0 radical (unpaired) electrons. The van der Waals surface area contributed by atoms with Gasteiger partial charge in [0.25, 0.3) is 0 Å². The van der Waals surface area contributed by atoms with Crippen molar-refractivity contribution in [3.05, 3.63) is 45.1 Å². The van der Waals surface area contributed by atoms with E-state index in [1.54, 1.807) is 12.1 Å². The molecule has 1 aromatic heterocycles. The summed E-state index contributed by atoms with van der Waals surface area (Å²) in [6.45, 7) is 3.29. The smallest absolute Gasteiger partial charge is 0.226 e. The Morgan fingerprint density at radius 3 is 2.71 bits per heavy atom. The van der Waals surface area contributed by atoms with Gasteiger partial charge in [0.1, 0.15) is 5.75 Å². The Balaban J connectivity index is 2.14. The molecule has 128 valence electrons. The SMILES string of the molecule is COc1cc(Cl)c(C)cc1NC(=O)CC(NC(C)=O)c1cccs1. The van der Waals surface area contributed by atoms with Gasteiger partial charge in [-0.3, -0.25) is 9.59 Å². The molecule has 2 amide bonds. The summed E-state index contributed by atoms with van der Waals surface area (Å²) >= 11 is 7.57. The Labute approximate surface area is 150 Å². The van der Waals surface area contributed by atoms with E-state index in [1.807, 2.05) is 24.4 Å². The summed E-state index contributed by atoms with van der Waals surface area (Å²) in [4.78, 5) is 24.7. The normalized spacial score (nSPS) is 11.7. The van der Waals surface area contributed by atoms with Crippen LogP contribution in [0.25, 0.3) is 0 Å². The summed E-state index contributed by atoms with van der Waals surface area (Å²) in [5, 5.41) is 8.11. The number of anilines is 1. The zero-order valence-electron chi connectivity index (χ0n) is 13.7. The third-order valence-corrected chi connectivity index (χ3v) is 4.80. The molecule has 2 aromatic rings. The van der Waals surface area contributed by atoms with E-state index in [4.69, 9.17) is 16.3 Å². The second kappa shape index (κ2) is 8.17. The number of rotatable bonds is 6. The number of carbonyl (C=O) groups is 2. The Morgan fingerprint density at radius 1 is 1.38 bits per heavy atom. The average molecular weight is 367 g/mol. The van der Waals surface area contributed by atoms with E-state index in [0.717, 1.165) is 10.4 Å². The maximum atomic E-state index is 12.4. The lowest BCUT2D eigenvalue weighted by Crippen LogP contribution is -2.29. The fourth-order valence-corrected chi connectivity index (χ4v) is 3.21. The molecule has 0 spiro atoms. The number of nitrogens with one attached hydrogen (secondary N) is 2. The molecule has 2 rings (SSSR count). The molecule has 0 aliphatic rings. The number of methoxy groups -OCH3 is 1. The average Bonchev–Trinajstić information content (AvgIpc) is 3.04. The van der Waals surface area contributed by atoms with E-state index in [2.05, 4.69) is 10.6 Å². The zero-order chi connectivity index (χ0) is 17.7. The monoisotopic (exact) mass is 366 g/mol. The molecule has 0 aliphatic heterocycles. The molecule has 0 fully saturated rings.